The van der Waals surface area contributed by atoms with Gasteiger partial charge in [-0.05, 0) is 44.4 Å². The van der Waals surface area contributed by atoms with Crippen molar-refractivity contribution in [1.82, 2.24) is 16.0 Å². The molecule has 0 aliphatic carbocycles. The van der Waals surface area contributed by atoms with Crippen LogP contribution in [0.1, 0.15) is 87.0 Å². The van der Waals surface area contributed by atoms with Gasteiger partial charge in [-0.3, -0.25) is 14.4 Å². The maximum atomic E-state index is 12.6. The highest BCUT2D eigenvalue weighted by molar-refractivity contribution is 5.87. The third-order valence-electron chi connectivity index (χ3n) is 5.11. The molecule has 0 aliphatic rings. The summed E-state index contributed by atoms with van der Waals surface area (Å²) < 4.78 is 0. The topological polar surface area (TPSA) is 108 Å². The number of carbonyl (C=O) groups is 3. The Morgan fingerprint density at radius 2 is 1.50 bits per heavy atom. The van der Waals surface area contributed by atoms with Crippen LogP contribution in [-0.2, 0) is 14.4 Å². The lowest BCUT2D eigenvalue weighted by molar-refractivity contribution is -0.130. The first-order valence-electron chi connectivity index (χ1n) is 11.5. The molecule has 0 unspecified atom stereocenters. The number of aliphatic hydroxyl groups is 1. The van der Waals surface area contributed by atoms with Crippen LogP contribution in [0.25, 0.3) is 0 Å². The van der Waals surface area contributed by atoms with Crippen molar-refractivity contribution in [2.75, 3.05) is 6.54 Å². The van der Waals surface area contributed by atoms with E-state index in [0.717, 1.165) is 19.3 Å². The van der Waals surface area contributed by atoms with E-state index in [1.807, 2.05) is 27.7 Å². The lowest BCUT2D eigenvalue weighted by Gasteiger charge is -2.28. The Balaban J connectivity index is 4.79. The first-order chi connectivity index (χ1) is 14.0. The zero-order valence-corrected chi connectivity index (χ0v) is 20.1. The molecule has 4 atom stereocenters. The monoisotopic (exact) mass is 427 g/mol. The highest BCUT2D eigenvalue weighted by atomic mass is 16.3. The van der Waals surface area contributed by atoms with E-state index in [1.54, 1.807) is 13.8 Å². The van der Waals surface area contributed by atoms with E-state index in [2.05, 4.69) is 22.9 Å². The smallest absolute Gasteiger partial charge is 0.242 e. The first-order valence-corrected chi connectivity index (χ1v) is 11.5. The number of aliphatic hydroxyl groups excluding tert-OH is 1. The predicted octanol–water partition coefficient (Wildman–Crippen LogP) is 2.76. The molecule has 0 heterocycles. The van der Waals surface area contributed by atoms with Crippen LogP contribution in [0, 0.1) is 17.8 Å². The summed E-state index contributed by atoms with van der Waals surface area (Å²) in [6, 6.07) is -1.15. The molecule has 30 heavy (non-hydrogen) atoms. The van der Waals surface area contributed by atoms with E-state index in [0.29, 0.717) is 25.3 Å². The summed E-state index contributed by atoms with van der Waals surface area (Å²) in [4.78, 5) is 36.8. The molecule has 0 saturated heterocycles. The van der Waals surface area contributed by atoms with Crippen LogP contribution in [0.2, 0.25) is 0 Å². The highest BCUT2D eigenvalue weighted by Crippen LogP contribution is 2.16. The van der Waals surface area contributed by atoms with Crippen molar-refractivity contribution in [2.45, 2.75) is 105 Å². The number of hydrogen-bond acceptors (Lipinski definition) is 4. The lowest BCUT2D eigenvalue weighted by atomic mass is 9.92. The Morgan fingerprint density at radius 1 is 0.867 bits per heavy atom. The molecule has 4 N–H and O–H groups in total. The van der Waals surface area contributed by atoms with Crippen molar-refractivity contribution in [2.24, 2.45) is 17.8 Å². The summed E-state index contributed by atoms with van der Waals surface area (Å²) in [6.07, 6.45) is 3.10. The summed E-state index contributed by atoms with van der Waals surface area (Å²) in [5.41, 5.74) is 0. The van der Waals surface area contributed by atoms with Gasteiger partial charge in [0, 0.05) is 18.9 Å². The van der Waals surface area contributed by atoms with E-state index >= 15 is 0 Å². The number of hydrogen-bond donors (Lipinski definition) is 4. The maximum absolute atomic E-state index is 12.6. The summed E-state index contributed by atoms with van der Waals surface area (Å²) in [5.74, 6) is -0.219. The Labute approximate surface area is 183 Å². The molecule has 0 rings (SSSR count). The van der Waals surface area contributed by atoms with Crippen LogP contribution < -0.4 is 16.0 Å². The average molecular weight is 428 g/mol. The molecule has 0 aromatic carbocycles. The van der Waals surface area contributed by atoms with Gasteiger partial charge in [0.05, 0.1) is 12.1 Å². The number of rotatable bonds is 15. The second-order valence-corrected chi connectivity index (χ2v) is 9.32. The van der Waals surface area contributed by atoms with Gasteiger partial charge in [0.1, 0.15) is 6.04 Å². The molecule has 0 aromatic rings. The largest absolute Gasteiger partial charge is 0.391 e. The van der Waals surface area contributed by atoms with Crippen molar-refractivity contribution in [3.63, 3.8) is 0 Å². The molecule has 0 fully saturated rings. The van der Waals surface area contributed by atoms with Gasteiger partial charge >= 0.3 is 0 Å². The summed E-state index contributed by atoms with van der Waals surface area (Å²) in [7, 11) is 0. The van der Waals surface area contributed by atoms with Crippen LogP contribution in [0.4, 0.5) is 0 Å². The quantitative estimate of drug-likeness (QED) is 0.301. The Hall–Kier alpha value is -1.63. The van der Waals surface area contributed by atoms with Gasteiger partial charge in [0.25, 0.3) is 0 Å². The minimum Gasteiger partial charge on any atom is -0.391 e. The van der Waals surface area contributed by atoms with Crippen molar-refractivity contribution in [3.05, 3.63) is 0 Å². The van der Waals surface area contributed by atoms with Crippen molar-refractivity contribution >= 4 is 17.7 Å². The van der Waals surface area contributed by atoms with Gasteiger partial charge in [-0.15, -0.1) is 0 Å². The number of amides is 3. The molecule has 0 aliphatic heterocycles. The SMILES string of the molecule is CCCCNC(=O)[C@H](C)C[C@H](O)[C@H](CC(C)C)NC(=O)[C@H](C)NC(=O)CCC(C)C. The normalized spacial score (nSPS) is 15.4. The molecule has 7 heteroatoms. The molecular formula is C23H45N3O4. The van der Waals surface area contributed by atoms with Gasteiger partial charge in [0.2, 0.25) is 17.7 Å². The molecule has 0 aromatic heterocycles. The summed E-state index contributed by atoms with van der Waals surface area (Å²) >= 11 is 0. The van der Waals surface area contributed by atoms with Crippen LogP contribution >= 0.6 is 0 Å². The zero-order valence-electron chi connectivity index (χ0n) is 20.1. The second-order valence-electron chi connectivity index (χ2n) is 9.32. The van der Waals surface area contributed by atoms with Crippen LogP contribution in [-0.4, -0.2) is 47.6 Å². The van der Waals surface area contributed by atoms with E-state index < -0.39 is 18.2 Å². The fraction of sp³-hybridized carbons (Fsp3) is 0.870. The third kappa shape index (κ3) is 12.8. The highest BCUT2D eigenvalue weighted by Gasteiger charge is 2.28. The Morgan fingerprint density at radius 3 is 2.03 bits per heavy atom. The van der Waals surface area contributed by atoms with E-state index in [4.69, 9.17) is 0 Å². The standard InChI is InChI=1S/C23H45N3O4/c1-8-9-12-24-22(29)17(6)14-20(27)19(13-16(4)5)26-23(30)18(7)25-21(28)11-10-15(2)3/h15-20,27H,8-14H2,1-7H3,(H,24,29)(H,25,28)(H,26,30)/t17-,18+,19+,20+/m1/s1. The van der Waals surface area contributed by atoms with Crippen molar-refractivity contribution < 1.29 is 19.5 Å². The molecule has 0 radical (unpaired) electrons. The van der Waals surface area contributed by atoms with Crippen LogP contribution in [0.3, 0.4) is 0 Å². The molecular weight excluding hydrogens is 382 g/mol. The minimum atomic E-state index is -0.841. The maximum Gasteiger partial charge on any atom is 0.242 e. The summed E-state index contributed by atoms with van der Waals surface area (Å²) in [5, 5.41) is 19.2. The molecule has 176 valence electrons. The second kappa shape index (κ2) is 15.2. The van der Waals surface area contributed by atoms with E-state index in [9.17, 15) is 19.5 Å². The van der Waals surface area contributed by atoms with E-state index in [1.165, 1.54) is 0 Å². The molecule has 3 amide bonds. The third-order valence-corrected chi connectivity index (χ3v) is 5.11. The van der Waals surface area contributed by atoms with Crippen LogP contribution in [0.5, 0.6) is 0 Å². The zero-order chi connectivity index (χ0) is 23.3. The van der Waals surface area contributed by atoms with Gasteiger partial charge in [-0.2, -0.15) is 0 Å². The van der Waals surface area contributed by atoms with Gasteiger partial charge in [-0.1, -0.05) is 48.0 Å². The number of unbranched alkanes of at least 4 members (excludes halogenated alkanes) is 1. The van der Waals surface area contributed by atoms with Gasteiger partial charge in [-0.25, -0.2) is 0 Å². The average Bonchev–Trinajstić information content (AvgIpc) is 2.65. The van der Waals surface area contributed by atoms with Crippen molar-refractivity contribution in [1.29, 1.82) is 0 Å². The number of nitrogens with one attached hydrogen (secondary N) is 3. The molecule has 7 nitrogen and oxygen atoms in total. The van der Waals surface area contributed by atoms with E-state index in [-0.39, 0.29) is 36.0 Å². The lowest BCUT2D eigenvalue weighted by Crippen LogP contribution is -2.52. The molecule has 0 saturated carbocycles. The Kier molecular flexibility index (Phi) is 14.4. The van der Waals surface area contributed by atoms with Gasteiger partial charge in [0.15, 0.2) is 0 Å². The Bertz CT molecular complexity index is 523. The van der Waals surface area contributed by atoms with Crippen molar-refractivity contribution in [3.8, 4) is 0 Å². The molecule has 0 spiro atoms. The van der Waals surface area contributed by atoms with Gasteiger partial charge < -0.3 is 21.1 Å². The fourth-order valence-electron chi connectivity index (χ4n) is 3.12. The van der Waals surface area contributed by atoms with Crippen LogP contribution in [0.15, 0.2) is 0 Å². The summed E-state index contributed by atoms with van der Waals surface area (Å²) in [6.45, 7) is 14.3. The molecule has 0 bridgehead atoms. The minimum absolute atomic E-state index is 0.0806. The predicted molar refractivity (Wildman–Crippen MR) is 121 cm³/mol. The number of carbonyl (C=O) groups excluding carboxylic acids is 3. The first kappa shape index (κ1) is 28.4. The fourth-order valence-corrected chi connectivity index (χ4v) is 3.12.